The highest BCUT2D eigenvalue weighted by Crippen LogP contribution is 2.50. The van der Waals surface area contributed by atoms with Gasteiger partial charge in [-0.25, -0.2) is 0 Å². The molecule has 3 rings (SSSR count). The maximum Gasteiger partial charge on any atom is 0.336 e. The van der Waals surface area contributed by atoms with E-state index < -0.39 is 119 Å². The van der Waals surface area contributed by atoms with Gasteiger partial charge in [0.2, 0.25) is 17.3 Å². The summed E-state index contributed by atoms with van der Waals surface area (Å²) in [4.78, 5) is 99.5. The van der Waals surface area contributed by atoms with E-state index in [2.05, 4.69) is 9.82 Å². The first-order valence-electron chi connectivity index (χ1n) is 11.2. The van der Waals surface area contributed by atoms with E-state index in [0.717, 1.165) is 0 Å². The van der Waals surface area contributed by atoms with Crippen LogP contribution in [0.3, 0.4) is 0 Å². The molecule has 1 heterocycles. The number of hydrogen-bond acceptors (Lipinski definition) is 22. The predicted molar refractivity (Wildman–Crippen MR) is 145 cm³/mol. The van der Waals surface area contributed by atoms with Crippen molar-refractivity contribution in [2.75, 3.05) is 10.6 Å². The second kappa shape index (κ2) is 12.7. The minimum absolute atomic E-state index is 0.00177. The molecular formula is C17H6N12O19. The zero-order valence-corrected chi connectivity index (χ0v) is 22.0. The van der Waals surface area contributed by atoms with Gasteiger partial charge in [0.1, 0.15) is 6.07 Å². The summed E-state index contributed by atoms with van der Waals surface area (Å²) in [5, 5.41) is 106. The van der Waals surface area contributed by atoms with Gasteiger partial charge >= 0.3 is 39.8 Å². The number of aromatic nitrogens is 1. The normalized spacial score (nSPS) is 10.3. The Labute approximate surface area is 255 Å². The topological polar surface area (TPSA) is 434 Å². The lowest BCUT2D eigenvalue weighted by Crippen LogP contribution is -2.12. The van der Waals surface area contributed by atoms with Crippen LogP contribution < -0.4 is 15.5 Å². The molecule has 0 saturated heterocycles. The number of pyridine rings is 1. The van der Waals surface area contributed by atoms with E-state index in [1.54, 1.807) is 10.6 Å². The van der Waals surface area contributed by atoms with Gasteiger partial charge in [0.25, 0.3) is 16.5 Å². The number of anilines is 4. The summed E-state index contributed by atoms with van der Waals surface area (Å²) < 4.78 is 0. The van der Waals surface area contributed by atoms with Gasteiger partial charge in [-0.15, -0.1) is 10.1 Å². The van der Waals surface area contributed by atoms with Gasteiger partial charge in [0.05, 0.1) is 57.6 Å². The molecule has 0 spiro atoms. The summed E-state index contributed by atoms with van der Waals surface area (Å²) in [5.41, 5.74) is -15.5. The van der Waals surface area contributed by atoms with Crippen LogP contribution in [0.15, 0.2) is 24.3 Å². The molecular weight excluding hydrogens is 676 g/mol. The zero-order chi connectivity index (χ0) is 36.4. The molecule has 248 valence electrons. The van der Waals surface area contributed by atoms with E-state index in [1.165, 1.54) is 0 Å². The molecule has 3 aromatic rings. The highest BCUT2D eigenvalue weighted by atomic mass is 17.0. The van der Waals surface area contributed by atoms with Crippen molar-refractivity contribution < 1.29 is 49.3 Å². The minimum Gasteiger partial charge on any atom is -0.323 e. The molecule has 0 atom stereocenters. The van der Waals surface area contributed by atoms with Crippen LogP contribution in [0.1, 0.15) is 0 Å². The summed E-state index contributed by atoms with van der Waals surface area (Å²) in [6, 6.07) is 0.241. The highest BCUT2D eigenvalue weighted by molar-refractivity contribution is 5.89. The van der Waals surface area contributed by atoms with Gasteiger partial charge in [0.15, 0.2) is 5.69 Å². The maximum atomic E-state index is 11.9. The van der Waals surface area contributed by atoms with E-state index >= 15 is 0 Å². The van der Waals surface area contributed by atoms with Crippen molar-refractivity contribution in [2.45, 2.75) is 0 Å². The standard InChI is InChI=1S/C17H6N12O19/c30-21(31)5-1-6(22(32)33)12(7(2-5)23(34)35)18-16-10(26(40)41)4-11(27(42)43)17(20-16)19-13-8(24(36)37)3-9(25(38)39)15(48-29(46)47)14(13)28(44)45/h1-4H,(H2,18,19,20). The Balaban J connectivity index is 2.47. The van der Waals surface area contributed by atoms with Crippen molar-refractivity contribution in [1.29, 1.82) is 0 Å². The summed E-state index contributed by atoms with van der Waals surface area (Å²) in [6.07, 6.45) is 0. The fourth-order valence-electron chi connectivity index (χ4n) is 3.68. The second-order valence-electron chi connectivity index (χ2n) is 8.17. The number of nitrogens with one attached hydrogen (secondary N) is 2. The largest absolute Gasteiger partial charge is 0.336 e. The molecule has 0 bridgehead atoms. The molecule has 0 fully saturated rings. The fourth-order valence-corrected chi connectivity index (χ4v) is 3.68. The van der Waals surface area contributed by atoms with Crippen molar-refractivity contribution in [3.05, 3.63) is 115 Å². The molecule has 0 amide bonds. The van der Waals surface area contributed by atoms with Crippen LogP contribution in [0.4, 0.5) is 68.5 Å². The lowest BCUT2D eigenvalue weighted by atomic mass is 10.1. The molecule has 2 N–H and O–H groups in total. The van der Waals surface area contributed by atoms with Gasteiger partial charge < -0.3 is 10.6 Å². The van der Waals surface area contributed by atoms with Crippen LogP contribution in [0, 0.1) is 91.0 Å². The highest BCUT2D eigenvalue weighted by Gasteiger charge is 2.41. The smallest absolute Gasteiger partial charge is 0.323 e. The SMILES string of the molecule is O=[N+]([O-])Oc1c([N+](=O)[O-])cc([N+](=O)[O-])c(Nc2nc(Nc3c([N+](=O)[O-])cc([N+](=O)[O-])cc3[N+](=O)[O-])c([N+](=O)[O-])cc2[N+](=O)[O-])c1[N+](=O)[O-]. The Hall–Kier alpha value is -8.41. The van der Waals surface area contributed by atoms with E-state index in [1.807, 2.05) is 0 Å². The number of nitro benzene ring substituents is 6. The molecule has 1 aromatic heterocycles. The van der Waals surface area contributed by atoms with Crippen LogP contribution in [0.5, 0.6) is 5.75 Å². The Morgan fingerprint density at radius 3 is 1.19 bits per heavy atom. The van der Waals surface area contributed by atoms with Crippen molar-refractivity contribution >= 4 is 68.5 Å². The summed E-state index contributed by atoms with van der Waals surface area (Å²) in [6.45, 7) is 0. The van der Waals surface area contributed by atoms with E-state index in [0.29, 0.717) is 0 Å². The van der Waals surface area contributed by atoms with Gasteiger partial charge in [0, 0.05) is 0 Å². The van der Waals surface area contributed by atoms with Gasteiger partial charge in [-0.05, 0) is 0 Å². The van der Waals surface area contributed by atoms with Crippen molar-refractivity contribution in [3.8, 4) is 5.75 Å². The monoisotopic (exact) mass is 682 g/mol. The second-order valence-corrected chi connectivity index (χ2v) is 8.17. The summed E-state index contributed by atoms with van der Waals surface area (Å²) in [7, 11) is 0. The van der Waals surface area contributed by atoms with Crippen LogP contribution in [0.25, 0.3) is 0 Å². The molecule has 0 radical (unpaired) electrons. The molecule has 0 saturated carbocycles. The van der Waals surface area contributed by atoms with Crippen molar-refractivity contribution in [1.82, 2.24) is 4.98 Å². The summed E-state index contributed by atoms with van der Waals surface area (Å²) >= 11 is 0. The van der Waals surface area contributed by atoms with Gasteiger partial charge in [-0.2, -0.15) is 4.98 Å². The Morgan fingerprint density at radius 2 is 0.833 bits per heavy atom. The number of non-ortho nitro benzene ring substituents is 1. The molecule has 0 unspecified atom stereocenters. The van der Waals surface area contributed by atoms with Crippen molar-refractivity contribution in [3.63, 3.8) is 0 Å². The van der Waals surface area contributed by atoms with Crippen LogP contribution in [-0.4, -0.2) is 49.5 Å². The van der Waals surface area contributed by atoms with Gasteiger partial charge in [-0.3, -0.25) is 85.8 Å². The Kier molecular flexibility index (Phi) is 9.00. The molecule has 31 heteroatoms. The number of nitrogens with zero attached hydrogens (tertiary/aromatic N) is 10. The van der Waals surface area contributed by atoms with Crippen LogP contribution >= 0.6 is 0 Å². The molecule has 0 aliphatic heterocycles. The molecule has 48 heavy (non-hydrogen) atoms. The Bertz CT molecular complexity index is 1990. The summed E-state index contributed by atoms with van der Waals surface area (Å²) in [5.74, 6) is -4.74. The number of nitro groups is 8. The lowest BCUT2D eigenvalue weighted by molar-refractivity contribution is -0.712. The van der Waals surface area contributed by atoms with Crippen LogP contribution in [0.2, 0.25) is 0 Å². The third-order valence-electron chi connectivity index (χ3n) is 5.50. The first-order chi connectivity index (χ1) is 22.3. The zero-order valence-electron chi connectivity index (χ0n) is 22.0. The number of benzene rings is 2. The first-order valence-corrected chi connectivity index (χ1v) is 11.2. The maximum absolute atomic E-state index is 11.9. The minimum atomic E-state index is -1.96. The van der Waals surface area contributed by atoms with E-state index in [-0.39, 0.29) is 24.3 Å². The third-order valence-corrected chi connectivity index (χ3v) is 5.50. The predicted octanol–water partition coefficient (Wildman–Crippen LogP) is 3.40. The number of hydrogen-bond donors (Lipinski definition) is 2. The molecule has 2 aromatic carbocycles. The third kappa shape index (κ3) is 6.56. The molecule has 0 aliphatic carbocycles. The quantitative estimate of drug-likeness (QED) is 0.181. The fraction of sp³-hybridized carbons (Fsp3) is 0. The first kappa shape index (κ1) is 34.1. The van der Waals surface area contributed by atoms with E-state index in [4.69, 9.17) is 0 Å². The van der Waals surface area contributed by atoms with E-state index in [9.17, 15) is 91.0 Å². The van der Waals surface area contributed by atoms with Gasteiger partial charge in [-0.1, -0.05) is 0 Å². The van der Waals surface area contributed by atoms with Crippen molar-refractivity contribution in [2.24, 2.45) is 0 Å². The average molecular weight is 682 g/mol. The Morgan fingerprint density at radius 1 is 0.458 bits per heavy atom. The molecule has 31 nitrogen and oxygen atoms in total. The molecule has 0 aliphatic rings. The lowest BCUT2D eigenvalue weighted by Gasteiger charge is -2.12. The van der Waals surface area contributed by atoms with Crippen LogP contribution in [-0.2, 0) is 0 Å². The average Bonchev–Trinajstić information content (AvgIpc) is 2.95. The number of rotatable bonds is 14.